The zero-order chi connectivity index (χ0) is 12.8. The minimum Gasteiger partial charge on any atom is -0.352 e. The summed E-state index contributed by atoms with van der Waals surface area (Å²) in [7, 11) is 0. The Morgan fingerprint density at radius 3 is 3.00 bits per heavy atom. The summed E-state index contributed by atoms with van der Waals surface area (Å²) in [5.41, 5.74) is 0. The van der Waals surface area contributed by atoms with Gasteiger partial charge in [-0.2, -0.15) is 23.5 Å². The number of carbonyl (C=O) groups excluding carboxylic acids is 1. The van der Waals surface area contributed by atoms with Crippen LogP contribution in [0, 0.1) is 0 Å². The van der Waals surface area contributed by atoms with E-state index in [-0.39, 0.29) is 18.3 Å². The second-order valence-corrected chi connectivity index (χ2v) is 7.69. The smallest absolute Gasteiger partial charge is 0.221 e. The van der Waals surface area contributed by atoms with Crippen molar-refractivity contribution in [1.82, 2.24) is 10.6 Å². The molecular formula is C13H25ClN2OS2. The first kappa shape index (κ1) is 17.5. The number of carbonyl (C=O) groups is 1. The summed E-state index contributed by atoms with van der Waals surface area (Å²) in [6, 6.07) is 0.793. The van der Waals surface area contributed by atoms with Crippen molar-refractivity contribution >= 4 is 41.8 Å². The molecule has 0 bridgehead atoms. The number of thioether (sulfide) groups is 2. The maximum absolute atomic E-state index is 12.0. The lowest BCUT2D eigenvalue weighted by atomic mass is 10.2. The Morgan fingerprint density at radius 2 is 2.32 bits per heavy atom. The van der Waals surface area contributed by atoms with E-state index in [2.05, 4.69) is 17.6 Å². The molecule has 1 aliphatic heterocycles. The van der Waals surface area contributed by atoms with Crippen LogP contribution in [0.2, 0.25) is 0 Å². The summed E-state index contributed by atoms with van der Waals surface area (Å²) in [5.74, 6) is 3.64. The minimum atomic E-state index is 0. The van der Waals surface area contributed by atoms with Gasteiger partial charge in [-0.25, -0.2) is 0 Å². The van der Waals surface area contributed by atoms with Gasteiger partial charge >= 0.3 is 0 Å². The van der Waals surface area contributed by atoms with E-state index in [1.807, 2.05) is 23.5 Å². The van der Waals surface area contributed by atoms with E-state index in [9.17, 15) is 4.79 Å². The molecule has 0 spiro atoms. The maximum atomic E-state index is 12.0. The molecule has 1 saturated carbocycles. The van der Waals surface area contributed by atoms with Crippen molar-refractivity contribution in [3.63, 3.8) is 0 Å². The lowest BCUT2D eigenvalue weighted by Crippen LogP contribution is -2.45. The summed E-state index contributed by atoms with van der Waals surface area (Å²) in [4.78, 5) is 12.0. The highest BCUT2D eigenvalue weighted by atomic mass is 35.5. The molecule has 2 fully saturated rings. The van der Waals surface area contributed by atoms with Gasteiger partial charge in [0.1, 0.15) is 0 Å². The molecule has 0 aromatic rings. The zero-order valence-corrected chi connectivity index (χ0v) is 14.0. The van der Waals surface area contributed by atoms with Gasteiger partial charge in [0.25, 0.3) is 0 Å². The third kappa shape index (κ3) is 5.74. The topological polar surface area (TPSA) is 41.1 Å². The Labute approximate surface area is 131 Å². The van der Waals surface area contributed by atoms with E-state index in [1.54, 1.807) is 0 Å². The number of amides is 1. The average Bonchev–Trinajstić information content (AvgIpc) is 2.78. The monoisotopic (exact) mass is 324 g/mol. The molecule has 1 aliphatic carbocycles. The Kier molecular flexibility index (Phi) is 8.62. The van der Waals surface area contributed by atoms with E-state index < -0.39 is 0 Å². The van der Waals surface area contributed by atoms with E-state index >= 15 is 0 Å². The quantitative estimate of drug-likeness (QED) is 0.814. The van der Waals surface area contributed by atoms with Crippen LogP contribution in [-0.4, -0.2) is 47.0 Å². The highest BCUT2D eigenvalue weighted by Gasteiger charge is 2.29. The van der Waals surface area contributed by atoms with Crippen LogP contribution >= 0.6 is 35.9 Å². The van der Waals surface area contributed by atoms with Gasteiger partial charge in [-0.15, -0.1) is 12.4 Å². The summed E-state index contributed by atoms with van der Waals surface area (Å²) in [5, 5.41) is 7.32. The largest absolute Gasteiger partial charge is 0.352 e. The van der Waals surface area contributed by atoms with Gasteiger partial charge < -0.3 is 10.6 Å². The zero-order valence-electron chi connectivity index (χ0n) is 11.5. The van der Waals surface area contributed by atoms with E-state index in [0.717, 1.165) is 24.5 Å². The Morgan fingerprint density at radius 1 is 1.47 bits per heavy atom. The highest BCUT2D eigenvalue weighted by Crippen LogP contribution is 2.29. The van der Waals surface area contributed by atoms with E-state index in [0.29, 0.717) is 23.8 Å². The lowest BCUT2D eigenvalue weighted by Gasteiger charge is -2.25. The maximum Gasteiger partial charge on any atom is 0.221 e. The molecule has 0 aromatic carbocycles. The summed E-state index contributed by atoms with van der Waals surface area (Å²) < 4.78 is 0. The van der Waals surface area contributed by atoms with Crippen molar-refractivity contribution in [2.45, 2.75) is 49.9 Å². The highest BCUT2D eigenvalue weighted by molar-refractivity contribution is 8.00. The molecular weight excluding hydrogens is 300 g/mol. The van der Waals surface area contributed by atoms with Crippen LogP contribution in [0.15, 0.2) is 0 Å². The predicted octanol–water partition coefficient (Wildman–Crippen LogP) is 2.29. The van der Waals surface area contributed by atoms with Crippen molar-refractivity contribution in [3.8, 4) is 0 Å². The molecule has 2 aliphatic rings. The van der Waals surface area contributed by atoms with Gasteiger partial charge in [0, 0.05) is 41.8 Å². The van der Waals surface area contributed by atoms with Crippen LogP contribution in [-0.2, 0) is 4.79 Å². The average molecular weight is 325 g/mol. The molecule has 0 aromatic heterocycles. The van der Waals surface area contributed by atoms with Crippen LogP contribution in [0.3, 0.4) is 0 Å². The first-order valence-electron chi connectivity index (χ1n) is 7.01. The van der Waals surface area contributed by atoms with Gasteiger partial charge in [0.2, 0.25) is 5.91 Å². The summed E-state index contributed by atoms with van der Waals surface area (Å²) >= 11 is 3.95. The number of halogens is 1. The first-order valence-corrected chi connectivity index (χ1v) is 9.22. The van der Waals surface area contributed by atoms with Gasteiger partial charge in [-0.3, -0.25) is 4.79 Å². The van der Waals surface area contributed by atoms with Crippen LogP contribution < -0.4 is 10.6 Å². The second kappa shape index (κ2) is 9.37. The van der Waals surface area contributed by atoms with Crippen molar-refractivity contribution in [1.29, 1.82) is 0 Å². The normalized spacial score (nSPS) is 30.7. The number of rotatable bonds is 5. The molecule has 1 heterocycles. The molecule has 19 heavy (non-hydrogen) atoms. The van der Waals surface area contributed by atoms with Gasteiger partial charge in [-0.1, -0.05) is 13.3 Å². The molecule has 1 amide bonds. The van der Waals surface area contributed by atoms with Gasteiger partial charge in [-0.05, 0) is 18.6 Å². The molecule has 6 heteroatoms. The van der Waals surface area contributed by atoms with Crippen molar-refractivity contribution < 1.29 is 4.79 Å². The third-order valence-electron chi connectivity index (χ3n) is 3.61. The Hall–Kier alpha value is 0.420. The summed E-state index contributed by atoms with van der Waals surface area (Å²) in [6.45, 7) is 3.24. The van der Waals surface area contributed by atoms with Gasteiger partial charge in [0.05, 0.1) is 0 Å². The van der Waals surface area contributed by atoms with Crippen LogP contribution in [0.1, 0.15) is 32.6 Å². The Bertz CT molecular complexity index is 275. The molecule has 3 unspecified atom stereocenters. The number of hydrogen-bond donors (Lipinski definition) is 2. The first-order chi connectivity index (χ1) is 8.79. The Balaban J connectivity index is 0.00000180. The van der Waals surface area contributed by atoms with Crippen molar-refractivity contribution in [2.24, 2.45) is 0 Å². The molecule has 2 N–H and O–H groups in total. The van der Waals surface area contributed by atoms with Crippen LogP contribution in [0.5, 0.6) is 0 Å². The number of hydrogen-bond acceptors (Lipinski definition) is 4. The third-order valence-corrected chi connectivity index (χ3v) is 6.07. The lowest BCUT2D eigenvalue weighted by molar-refractivity contribution is -0.122. The molecule has 0 radical (unpaired) electrons. The predicted molar refractivity (Wildman–Crippen MR) is 88.7 cm³/mol. The fourth-order valence-corrected chi connectivity index (χ4v) is 4.89. The van der Waals surface area contributed by atoms with Crippen LogP contribution in [0.4, 0.5) is 0 Å². The van der Waals surface area contributed by atoms with E-state index in [4.69, 9.17) is 0 Å². The molecule has 2 rings (SSSR count). The van der Waals surface area contributed by atoms with Crippen molar-refractivity contribution in [2.75, 3.05) is 23.8 Å². The fourth-order valence-electron chi connectivity index (χ4n) is 2.75. The van der Waals surface area contributed by atoms with Gasteiger partial charge in [0.15, 0.2) is 0 Å². The molecule has 3 atom stereocenters. The molecule has 3 nitrogen and oxygen atoms in total. The van der Waals surface area contributed by atoms with Crippen LogP contribution in [0.25, 0.3) is 0 Å². The van der Waals surface area contributed by atoms with E-state index in [1.165, 1.54) is 18.6 Å². The minimum absolute atomic E-state index is 0. The molecule has 112 valence electrons. The summed E-state index contributed by atoms with van der Waals surface area (Å²) in [6.07, 6.45) is 4.34. The SMILES string of the molecule is CCSC1CCCC1NC(=O)CC1CSCCN1.Cl. The molecule has 1 saturated heterocycles. The standard InChI is InChI=1S/C13H24N2OS2.ClH/c1-2-18-12-5-3-4-11(12)15-13(16)8-10-9-17-7-6-14-10;/h10-12,14H,2-9H2,1H3,(H,15,16);1H. The second-order valence-electron chi connectivity index (χ2n) is 5.03. The fraction of sp³-hybridized carbons (Fsp3) is 0.923. The van der Waals surface area contributed by atoms with Crippen molar-refractivity contribution in [3.05, 3.63) is 0 Å². The number of nitrogens with one attached hydrogen (secondary N) is 2.